The van der Waals surface area contributed by atoms with Crippen LogP contribution < -0.4 is 5.32 Å². The Morgan fingerprint density at radius 1 is 1.12 bits per heavy atom. The number of aryl methyl sites for hydroxylation is 4. The van der Waals surface area contributed by atoms with Crippen LogP contribution >= 0.6 is 0 Å². The third-order valence-electron chi connectivity index (χ3n) is 4.41. The minimum atomic E-state index is 0.669. The standard InChI is InChI=1S/C20H25N3O/c1-13-11-14(2)18(15(3)12-13)16-7-6-8-17-19(16)22-23(4)20(17)21-9-10-24-5/h6-8,11-12,21H,9-10H2,1-5H3. The Hall–Kier alpha value is -2.33. The van der Waals surface area contributed by atoms with Crippen LogP contribution in [0.25, 0.3) is 22.0 Å². The summed E-state index contributed by atoms with van der Waals surface area (Å²) in [6.45, 7) is 7.92. The van der Waals surface area contributed by atoms with Crippen molar-refractivity contribution >= 4 is 16.7 Å². The van der Waals surface area contributed by atoms with Gasteiger partial charge in [0.05, 0.1) is 6.61 Å². The van der Waals surface area contributed by atoms with E-state index in [1.54, 1.807) is 7.11 Å². The lowest BCUT2D eigenvalue weighted by molar-refractivity contribution is 0.210. The van der Waals surface area contributed by atoms with Gasteiger partial charge in [-0.25, -0.2) is 0 Å². The molecule has 0 aliphatic heterocycles. The molecule has 0 aliphatic carbocycles. The number of benzene rings is 2. The molecule has 3 rings (SSSR count). The van der Waals surface area contributed by atoms with Crippen molar-refractivity contribution in [3.05, 3.63) is 47.0 Å². The number of fused-ring (bicyclic) bond motifs is 1. The first-order chi connectivity index (χ1) is 11.5. The van der Waals surface area contributed by atoms with Crippen LogP contribution in [0.15, 0.2) is 30.3 Å². The Kier molecular flexibility index (Phi) is 4.58. The maximum Gasteiger partial charge on any atom is 0.132 e. The highest BCUT2D eigenvalue weighted by Gasteiger charge is 2.15. The molecule has 0 spiro atoms. The van der Waals surface area contributed by atoms with Gasteiger partial charge in [-0.15, -0.1) is 0 Å². The van der Waals surface area contributed by atoms with E-state index in [-0.39, 0.29) is 0 Å². The highest BCUT2D eigenvalue weighted by Crippen LogP contribution is 2.35. The van der Waals surface area contributed by atoms with Gasteiger partial charge >= 0.3 is 0 Å². The zero-order valence-corrected chi connectivity index (χ0v) is 15.1. The summed E-state index contributed by atoms with van der Waals surface area (Å²) in [7, 11) is 3.69. The van der Waals surface area contributed by atoms with Gasteiger partial charge in [0, 0.05) is 31.7 Å². The van der Waals surface area contributed by atoms with Crippen LogP contribution in [0.2, 0.25) is 0 Å². The maximum atomic E-state index is 5.14. The second-order valence-corrected chi connectivity index (χ2v) is 6.37. The van der Waals surface area contributed by atoms with Crippen molar-refractivity contribution in [3.63, 3.8) is 0 Å². The molecule has 0 unspecified atom stereocenters. The minimum absolute atomic E-state index is 0.669. The van der Waals surface area contributed by atoms with E-state index in [0.717, 1.165) is 23.3 Å². The van der Waals surface area contributed by atoms with Gasteiger partial charge in [-0.2, -0.15) is 5.10 Å². The van der Waals surface area contributed by atoms with Crippen molar-refractivity contribution in [2.75, 3.05) is 25.6 Å². The Bertz CT molecular complexity index is 857. The molecule has 0 amide bonds. The number of rotatable bonds is 5. The molecule has 2 aromatic carbocycles. The number of anilines is 1. The second-order valence-electron chi connectivity index (χ2n) is 6.37. The summed E-state index contributed by atoms with van der Waals surface area (Å²) >= 11 is 0. The van der Waals surface area contributed by atoms with Crippen LogP contribution in [0.1, 0.15) is 16.7 Å². The van der Waals surface area contributed by atoms with Crippen LogP contribution in [0, 0.1) is 20.8 Å². The molecule has 1 N–H and O–H groups in total. The number of methoxy groups -OCH3 is 1. The molecular formula is C20H25N3O. The van der Waals surface area contributed by atoms with Gasteiger partial charge in [0.1, 0.15) is 11.3 Å². The fraction of sp³-hybridized carbons (Fsp3) is 0.350. The van der Waals surface area contributed by atoms with Crippen molar-refractivity contribution in [3.8, 4) is 11.1 Å². The normalized spacial score (nSPS) is 11.2. The average Bonchev–Trinajstić information content (AvgIpc) is 2.83. The van der Waals surface area contributed by atoms with Crippen molar-refractivity contribution in [2.24, 2.45) is 7.05 Å². The molecule has 0 radical (unpaired) electrons. The van der Waals surface area contributed by atoms with Crippen LogP contribution in [-0.2, 0) is 11.8 Å². The van der Waals surface area contributed by atoms with Gasteiger partial charge in [0.2, 0.25) is 0 Å². The molecule has 4 heteroatoms. The molecule has 0 bridgehead atoms. The Morgan fingerprint density at radius 2 is 1.83 bits per heavy atom. The number of hydrogen-bond acceptors (Lipinski definition) is 3. The van der Waals surface area contributed by atoms with E-state index in [9.17, 15) is 0 Å². The van der Waals surface area contributed by atoms with Crippen molar-refractivity contribution in [2.45, 2.75) is 20.8 Å². The highest BCUT2D eigenvalue weighted by atomic mass is 16.5. The van der Waals surface area contributed by atoms with Crippen molar-refractivity contribution in [1.82, 2.24) is 9.78 Å². The van der Waals surface area contributed by atoms with Crippen LogP contribution in [-0.4, -0.2) is 30.0 Å². The fourth-order valence-electron chi connectivity index (χ4n) is 3.50. The minimum Gasteiger partial charge on any atom is -0.383 e. The van der Waals surface area contributed by atoms with Gasteiger partial charge < -0.3 is 10.1 Å². The molecule has 0 atom stereocenters. The highest BCUT2D eigenvalue weighted by molar-refractivity contribution is 6.01. The number of ether oxygens (including phenoxy) is 1. The Labute approximate surface area is 143 Å². The van der Waals surface area contributed by atoms with E-state index in [0.29, 0.717) is 6.61 Å². The predicted octanol–water partition coefficient (Wildman–Crippen LogP) is 4.22. The predicted molar refractivity (Wildman–Crippen MR) is 101 cm³/mol. The average molecular weight is 323 g/mol. The molecule has 0 aliphatic rings. The lowest BCUT2D eigenvalue weighted by atomic mass is 9.92. The summed E-state index contributed by atoms with van der Waals surface area (Å²) in [6.07, 6.45) is 0. The summed E-state index contributed by atoms with van der Waals surface area (Å²) in [5, 5.41) is 9.36. The second kappa shape index (κ2) is 6.65. The largest absolute Gasteiger partial charge is 0.383 e. The zero-order valence-electron chi connectivity index (χ0n) is 15.1. The van der Waals surface area contributed by atoms with Crippen LogP contribution in [0.4, 0.5) is 5.82 Å². The van der Waals surface area contributed by atoms with Gasteiger partial charge in [-0.05, 0) is 43.5 Å². The zero-order chi connectivity index (χ0) is 17.3. The summed E-state index contributed by atoms with van der Waals surface area (Å²) in [4.78, 5) is 0. The van der Waals surface area contributed by atoms with Crippen LogP contribution in [0.3, 0.4) is 0 Å². The number of nitrogens with zero attached hydrogens (tertiary/aromatic N) is 2. The van der Waals surface area contributed by atoms with Crippen molar-refractivity contribution in [1.29, 1.82) is 0 Å². The van der Waals surface area contributed by atoms with E-state index in [1.165, 1.54) is 27.8 Å². The molecule has 126 valence electrons. The fourth-order valence-corrected chi connectivity index (χ4v) is 3.50. The third-order valence-corrected chi connectivity index (χ3v) is 4.41. The number of hydrogen-bond donors (Lipinski definition) is 1. The molecular weight excluding hydrogens is 298 g/mol. The van der Waals surface area contributed by atoms with Gasteiger partial charge in [-0.3, -0.25) is 4.68 Å². The monoisotopic (exact) mass is 323 g/mol. The summed E-state index contributed by atoms with van der Waals surface area (Å²) < 4.78 is 7.05. The first-order valence-corrected chi connectivity index (χ1v) is 8.29. The van der Waals surface area contributed by atoms with Crippen molar-refractivity contribution < 1.29 is 4.74 Å². The number of aromatic nitrogens is 2. The maximum absolute atomic E-state index is 5.14. The molecule has 0 fully saturated rings. The summed E-state index contributed by atoms with van der Waals surface area (Å²) in [5.41, 5.74) is 7.39. The van der Waals surface area contributed by atoms with Crippen LogP contribution in [0.5, 0.6) is 0 Å². The molecule has 0 saturated carbocycles. The quantitative estimate of drug-likeness (QED) is 0.714. The lowest BCUT2D eigenvalue weighted by Crippen LogP contribution is -2.10. The summed E-state index contributed by atoms with van der Waals surface area (Å²) in [5.74, 6) is 1.03. The summed E-state index contributed by atoms with van der Waals surface area (Å²) in [6, 6.07) is 10.9. The molecule has 24 heavy (non-hydrogen) atoms. The number of nitrogens with one attached hydrogen (secondary N) is 1. The third kappa shape index (κ3) is 2.89. The first kappa shape index (κ1) is 16.5. The van der Waals surface area contributed by atoms with E-state index in [1.807, 2.05) is 11.7 Å². The SMILES string of the molecule is COCCNc1c2cccc(-c3c(C)cc(C)cc3C)c2nn1C. The smallest absolute Gasteiger partial charge is 0.132 e. The molecule has 4 nitrogen and oxygen atoms in total. The molecule has 1 heterocycles. The van der Waals surface area contributed by atoms with Gasteiger partial charge in [-0.1, -0.05) is 29.8 Å². The topological polar surface area (TPSA) is 39.1 Å². The van der Waals surface area contributed by atoms with Gasteiger partial charge in [0.25, 0.3) is 0 Å². The van der Waals surface area contributed by atoms with E-state index >= 15 is 0 Å². The molecule has 0 saturated heterocycles. The first-order valence-electron chi connectivity index (χ1n) is 8.29. The Balaban J connectivity index is 2.16. The van der Waals surface area contributed by atoms with E-state index in [2.05, 4.69) is 56.4 Å². The Morgan fingerprint density at radius 3 is 2.50 bits per heavy atom. The molecule has 1 aromatic heterocycles. The molecule has 3 aromatic rings. The van der Waals surface area contributed by atoms with E-state index in [4.69, 9.17) is 9.84 Å². The van der Waals surface area contributed by atoms with E-state index < -0.39 is 0 Å². The van der Waals surface area contributed by atoms with Gasteiger partial charge in [0.15, 0.2) is 0 Å². The lowest BCUT2D eigenvalue weighted by Gasteiger charge is -2.12.